The average molecular weight is 416 g/mol. The fourth-order valence-electron chi connectivity index (χ4n) is 2.94. The minimum atomic E-state index is 0.171. The molecule has 0 aromatic heterocycles. The van der Waals surface area contributed by atoms with Crippen LogP contribution in [0.25, 0.3) is 0 Å². The first-order valence-electron chi connectivity index (χ1n) is 7.62. The molecule has 1 N–H and O–H groups in total. The number of hydrogen-bond acceptors (Lipinski definition) is 2. The van der Waals surface area contributed by atoms with Gasteiger partial charge in [-0.15, -0.1) is 0 Å². The maximum atomic E-state index is 12.9. The summed E-state index contributed by atoms with van der Waals surface area (Å²) in [5.74, 6) is 0.811. The predicted octanol–water partition coefficient (Wildman–Crippen LogP) is 3.82. The van der Waals surface area contributed by atoms with E-state index in [0.717, 1.165) is 47.0 Å². The second-order valence-electron chi connectivity index (χ2n) is 6.01. The molecule has 3 rings (SSSR count). The lowest BCUT2D eigenvalue weighted by atomic mass is 9.97. The third-order valence-electron chi connectivity index (χ3n) is 4.32. The summed E-state index contributed by atoms with van der Waals surface area (Å²) >= 11 is 6.98. The SMILES string of the molecule is O=C(c1cc(Br)ccc1Br)N(CC1CCNCC1)C1CC1. The number of benzene rings is 1. The summed E-state index contributed by atoms with van der Waals surface area (Å²) in [6.07, 6.45) is 4.66. The van der Waals surface area contributed by atoms with Gasteiger partial charge in [-0.3, -0.25) is 4.79 Å². The van der Waals surface area contributed by atoms with Crippen molar-refractivity contribution in [3.05, 3.63) is 32.7 Å². The van der Waals surface area contributed by atoms with Crippen molar-refractivity contribution in [2.24, 2.45) is 5.92 Å². The largest absolute Gasteiger partial charge is 0.335 e. The number of carbonyl (C=O) groups excluding carboxylic acids is 1. The molecule has 1 aromatic rings. The van der Waals surface area contributed by atoms with Crippen LogP contribution in [0.2, 0.25) is 0 Å². The van der Waals surface area contributed by atoms with Gasteiger partial charge in [0.1, 0.15) is 0 Å². The lowest BCUT2D eigenvalue weighted by molar-refractivity contribution is 0.0700. The third-order valence-corrected chi connectivity index (χ3v) is 5.51. The lowest BCUT2D eigenvalue weighted by Gasteiger charge is -2.30. The van der Waals surface area contributed by atoms with Gasteiger partial charge in [-0.05, 0) is 78.8 Å². The standard InChI is InChI=1S/C16H20Br2N2O/c17-12-1-4-15(18)14(9-12)16(21)20(13-2-3-13)10-11-5-7-19-8-6-11/h1,4,9,11,13,19H,2-3,5-8,10H2. The van der Waals surface area contributed by atoms with Gasteiger partial charge in [0.25, 0.3) is 5.91 Å². The number of hydrogen-bond donors (Lipinski definition) is 1. The number of amides is 1. The van der Waals surface area contributed by atoms with Crippen molar-refractivity contribution in [1.82, 2.24) is 10.2 Å². The van der Waals surface area contributed by atoms with Crippen LogP contribution >= 0.6 is 31.9 Å². The number of carbonyl (C=O) groups is 1. The number of rotatable bonds is 4. The van der Waals surface area contributed by atoms with Crippen molar-refractivity contribution in [2.45, 2.75) is 31.7 Å². The fourth-order valence-corrected chi connectivity index (χ4v) is 3.72. The van der Waals surface area contributed by atoms with E-state index >= 15 is 0 Å². The second-order valence-corrected chi connectivity index (χ2v) is 7.78. The molecule has 5 heteroatoms. The quantitative estimate of drug-likeness (QED) is 0.810. The summed E-state index contributed by atoms with van der Waals surface area (Å²) in [7, 11) is 0. The van der Waals surface area contributed by atoms with Gasteiger partial charge in [-0.2, -0.15) is 0 Å². The van der Waals surface area contributed by atoms with Crippen LogP contribution in [-0.4, -0.2) is 36.5 Å². The molecular formula is C16H20Br2N2O. The molecule has 0 bridgehead atoms. The predicted molar refractivity (Wildman–Crippen MR) is 91.5 cm³/mol. The van der Waals surface area contributed by atoms with Crippen LogP contribution in [0.15, 0.2) is 27.1 Å². The van der Waals surface area contributed by atoms with Gasteiger partial charge in [0.05, 0.1) is 5.56 Å². The van der Waals surface area contributed by atoms with E-state index in [0.29, 0.717) is 12.0 Å². The van der Waals surface area contributed by atoms with Gasteiger partial charge in [-0.1, -0.05) is 15.9 Å². The Morgan fingerprint density at radius 1 is 1.19 bits per heavy atom. The monoisotopic (exact) mass is 414 g/mol. The van der Waals surface area contributed by atoms with Crippen molar-refractivity contribution in [2.75, 3.05) is 19.6 Å². The van der Waals surface area contributed by atoms with E-state index in [4.69, 9.17) is 0 Å². The zero-order valence-electron chi connectivity index (χ0n) is 11.9. The van der Waals surface area contributed by atoms with Gasteiger partial charge in [0.2, 0.25) is 0 Å². The van der Waals surface area contributed by atoms with Crippen molar-refractivity contribution in [3.8, 4) is 0 Å². The molecule has 3 nitrogen and oxygen atoms in total. The zero-order chi connectivity index (χ0) is 14.8. The first-order chi connectivity index (χ1) is 10.1. The fraction of sp³-hybridized carbons (Fsp3) is 0.562. The highest BCUT2D eigenvalue weighted by atomic mass is 79.9. The summed E-state index contributed by atoms with van der Waals surface area (Å²) in [5.41, 5.74) is 0.769. The molecule has 1 saturated carbocycles. The molecule has 0 spiro atoms. The summed E-state index contributed by atoms with van der Waals surface area (Å²) in [6, 6.07) is 6.27. The van der Waals surface area contributed by atoms with Crippen molar-refractivity contribution in [1.29, 1.82) is 0 Å². The smallest absolute Gasteiger partial charge is 0.255 e. The molecule has 1 aromatic carbocycles. The summed E-state index contributed by atoms with van der Waals surface area (Å²) < 4.78 is 1.83. The Labute approximate surface area is 142 Å². The highest BCUT2D eigenvalue weighted by Crippen LogP contribution is 2.32. The van der Waals surface area contributed by atoms with Gasteiger partial charge in [0, 0.05) is 21.5 Å². The van der Waals surface area contributed by atoms with E-state index in [1.807, 2.05) is 18.2 Å². The topological polar surface area (TPSA) is 32.3 Å². The molecule has 1 aliphatic carbocycles. The Morgan fingerprint density at radius 3 is 2.57 bits per heavy atom. The Morgan fingerprint density at radius 2 is 1.90 bits per heavy atom. The number of halogens is 2. The first kappa shape index (κ1) is 15.5. The van der Waals surface area contributed by atoms with Crippen LogP contribution in [0.5, 0.6) is 0 Å². The van der Waals surface area contributed by atoms with Crippen LogP contribution in [0.1, 0.15) is 36.0 Å². The highest BCUT2D eigenvalue weighted by molar-refractivity contribution is 9.11. The molecule has 1 heterocycles. The van der Waals surface area contributed by atoms with Gasteiger partial charge in [0.15, 0.2) is 0 Å². The van der Waals surface area contributed by atoms with E-state index in [1.54, 1.807) is 0 Å². The van der Waals surface area contributed by atoms with Gasteiger partial charge >= 0.3 is 0 Å². The maximum Gasteiger partial charge on any atom is 0.255 e. The van der Waals surface area contributed by atoms with E-state index < -0.39 is 0 Å². The van der Waals surface area contributed by atoms with E-state index in [9.17, 15) is 4.79 Å². The number of piperidine rings is 1. The molecule has 21 heavy (non-hydrogen) atoms. The molecular weight excluding hydrogens is 396 g/mol. The molecule has 1 amide bonds. The van der Waals surface area contributed by atoms with Crippen LogP contribution in [0, 0.1) is 5.92 Å². The Balaban J connectivity index is 1.76. The average Bonchev–Trinajstić information content (AvgIpc) is 3.32. The number of nitrogens with zero attached hydrogens (tertiary/aromatic N) is 1. The summed E-state index contributed by atoms with van der Waals surface area (Å²) in [5, 5.41) is 3.39. The lowest BCUT2D eigenvalue weighted by Crippen LogP contribution is -2.40. The molecule has 0 radical (unpaired) electrons. The van der Waals surface area contributed by atoms with Gasteiger partial charge < -0.3 is 10.2 Å². The van der Waals surface area contributed by atoms with Crippen LogP contribution in [-0.2, 0) is 0 Å². The first-order valence-corrected chi connectivity index (χ1v) is 9.20. The second kappa shape index (κ2) is 6.80. The molecule has 1 aliphatic heterocycles. The summed E-state index contributed by atoms with van der Waals surface area (Å²) in [4.78, 5) is 15.0. The van der Waals surface area contributed by atoms with E-state index in [1.165, 1.54) is 12.8 Å². The minimum absolute atomic E-state index is 0.171. The molecule has 114 valence electrons. The number of nitrogens with one attached hydrogen (secondary N) is 1. The molecule has 2 aliphatic rings. The Bertz CT molecular complexity index is 525. The van der Waals surface area contributed by atoms with Crippen LogP contribution in [0.3, 0.4) is 0 Å². The van der Waals surface area contributed by atoms with Crippen molar-refractivity contribution >= 4 is 37.8 Å². The Hall–Kier alpha value is -0.390. The van der Waals surface area contributed by atoms with Gasteiger partial charge in [-0.25, -0.2) is 0 Å². The van der Waals surface area contributed by atoms with Crippen molar-refractivity contribution in [3.63, 3.8) is 0 Å². The van der Waals surface area contributed by atoms with E-state index in [2.05, 4.69) is 42.1 Å². The minimum Gasteiger partial charge on any atom is -0.335 e. The molecule has 2 fully saturated rings. The molecule has 0 atom stereocenters. The maximum absolute atomic E-state index is 12.9. The molecule has 0 unspecified atom stereocenters. The Kier molecular flexibility index (Phi) is 5.02. The highest BCUT2D eigenvalue weighted by Gasteiger charge is 2.35. The van der Waals surface area contributed by atoms with Crippen LogP contribution < -0.4 is 5.32 Å². The van der Waals surface area contributed by atoms with Crippen molar-refractivity contribution < 1.29 is 4.79 Å². The third kappa shape index (κ3) is 3.88. The normalized spacial score (nSPS) is 19.5. The summed E-state index contributed by atoms with van der Waals surface area (Å²) in [6.45, 7) is 3.07. The van der Waals surface area contributed by atoms with Crippen LogP contribution in [0.4, 0.5) is 0 Å². The molecule has 1 saturated heterocycles. The zero-order valence-corrected chi connectivity index (χ0v) is 15.1. The van der Waals surface area contributed by atoms with E-state index in [-0.39, 0.29) is 5.91 Å².